The lowest BCUT2D eigenvalue weighted by Gasteiger charge is -2.51. The Morgan fingerprint density at radius 3 is 2.24 bits per heavy atom. The van der Waals surface area contributed by atoms with Crippen LogP contribution in [0.25, 0.3) is 0 Å². The van der Waals surface area contributed by atoms with Gasteiger partial charge in [0.05, 0.1) is 6.04 Å². The Morgan fingerprint density at radius 1 is 1.00 bits per heavy atom. The van der Waals surface area contributed by atoms with E-state index in [1.165, 1.54) is 16.4 Å². The number of halogens is 5. The number of hydrogen-bond acceptors (Lipinski definition) is 5. The van der Waals surface area contributed by atoms with Crippen molar-refractivity contribution in [2.45, 2.75) is 79.4 Å². The predicted octanol–water partition coefficient (Wildman–Crippen LogP) is 5.73. The average Bonchev–Trinajstić information content (AvgIpc) is 3.40. The molecule has 3 unspecified atom stereocenters. The van der Waals surface area contributed by atoms with Gasteiger partial charge < -0.3 is 4.90 Å². The van der Waals surface area contributed by atoms with Crippen molar-refractivity contribution in [3.05, 3.63) is 47.3 Å². The van der Waals surface area contributed by atoms with Crippen LogP contribution in [0.5, 0.6) is 0 Å². The van der Waals surface area contributed by atoms with Crippen LogP contribution in [-0.2, 0) is 15.7 Å². The summed E-state index contributed by atoms with van der Waals surface area (Å²) in [4.78, 5) is 4.32. The van der Waals surface area contributed by atoms with Gasteiger partial charge in [0.1, 0.15) is 10.4 Å². The number of thiophene rings is 1. The molecule has 1 aromatic carbocycles. The van der Waals surface area contributed by atoms with Crippen LogP contribution >= 0.6 is 11.3 Å². The first-order valence-electron chi connectivity index (χ1n) is 12.9. The van der Waals surface area contributed by atoms with E-state index in [2.05, 4.69) is 4.90 Å². The normalized spacial score (nSPS) is 29.3. The molecule has 3 saturated heterocycles. The van der Waals surface area contributed by atoms with Crippen LogP contribution < -0.4 is 4.90 Å². The van der Waals surface area contributed by atoms with Crippen LogP contribution in [0.3, 0.4) is 0 Å². The van der Waals surface area contributed by atoms with Crippen LogP contribution in [0.2, 0.25) is 0 Å². The van der Waals surface area contributed by atoms with Crippen LogP contribution in [0.15, 0.2) is 46.0 Å². The molecule has 3 fully saturated rings. The van der Waals surface area contributed by atoms with Gasteiger partial charge in [0.25, 0.3) is 10.0 Å². The highest BCUT2D eigenvalue weighted by Gasteiger charge is 2.53. The summed E-state index contributed by atoms with van der Waals surface area (Å²) in [6, 6.07) is 8.39. The van der Waals surface area contributed by atoms with Gasteiger partial charge in [-0.05, 0) is 61.7 Å². The lowest BCUT2D eigenvalue weighted by molar-refractivity contribution is -0.228. The summed E-state index contributed by atoms with van der Waals surface area (Å²) in [6.07, 6.45) is -2.14. The maximum absolute atomic E-state index is 14.5. The minimum Gasteiger partial charge on any atom is -0.365 e. The lowest BCUT2D eigenvalue weighted by Crippen LogP contribution is -2.62. The van der Waals surface area contributed by atoms with E-state index >= 15 is 0 Å². The van der Waals surface area contributed by atoms with Gasteiger partial charge >= 0.3 is 6.18 Å². The van der Waals surface area contributed by atoms with E-state index in [1.54, 1.807) is 17.5 Å². The molecular weight excluding hydrogens is 545 g/mol. The maximum atomic E-state index is 14.5. The van der Waals surface area contributed by atoms with Crippen molar-refractivity contribution >= 4 is 27.0 Å². The van der Waals surface area contributed by atoms with E-state index < -0.39 is 33.6 Å². The molecule has 2 aromatic rings. The zero-order valence-corrected chi connectivity index (χ0v) is 22.7. The Morgan fingerprint density at radius 2 is 1.66 bits per heavy atom. The fourth-order valence-corrected chi connectivity index (χ4v) is 8.77. The molecule has 0 aliphatic carbocycles. The summed E-state index contributed by atoms with van der Waals surface area (Å²) in [5.41, 5.74) is -3.36. The molecule has 4 heterocycles. The Bertz CT molecular complexity index is 1190. The van der Waals surface area contributed by atoms with E-state index in [1.807, 2.05) is 4.90 Å². The number of piperazine rings is 1. The number of anilines is 1. The van der Waals surface area contributed by atoms with E-state index in [9.17, 15) is 30.4 Å². The van der Waals surface area contributed by atoms with Gasteiger partial charge in [-0.15, -0.1) is 11.3 Å². The van der Waals surface area contributed by atoms with Gasteiger partial charge in [-0.1, -0.05) is 24.6 Å². The number of alkyl halides is 5. The zero-order valence-electron chi connectivity index (χ0n) is 21.1. The molecule has 2 bridgehead atoms. The zero-order chi connectivity index (χ0) is 27.3. The average molecular weight is 578 g/mol. The number of piperidine rings is 2. The minimum absolute atomic E-state index is 0.0880. The largest absolute Gasteiger partial charge is 0.426 e. The van der Waals surface area contributed by atoms with Crippen molar-refractivity contribution in [3.8, 4) is 0 Å². The van der Waals surface area contributed by atoms with Gasteiger partial charge in [-0.2, -0.15) is 17.5 Å². The monoisotopic (exact) mass is 577 g/mol. The number of benzene rings is 1. The van der Waals surface area contributed by atoms with Crippen molar-refractivity contribution in [2.24, 2.45) is 0 Å². The fourth-order valence-electron chi connectivity index (χ4n) is 6.16. The molecule has 3 aliphatic rings. The Hall–Kier alpha value is -1.76. The third kappa shape index (κ3) is 5.21. The van der Waals surface area contributed by atoms with Gasteiger partial charge in [0, 0.05) is 44.0 Å². The van der Waals surface area contributed by atoms with Crippen LogP contribution in [-0.4, -0.2) is 74.3 Å². The number of sulfonamides is 1. The molecular formula is C26H32F5N3O2S2. The molecule has 0 saturated carbocycles. The molecule has 0 N–H and O–H groups in total. The standard InChI is InChI=1S/C26H32F5N3O2S2/c1-25(28,26(29,30)31)18-7-9-20(10-8-18)33-12-11-32(38(35,36)24-6-3-13-37-24)16-23(33)17-34-21-4-2-5-22(34)15-19(27)14-21/h3,6-10,13,19,21-23H,2,4-5,11-12,14-17H2,1H3/t19?,21?,22?,23-,25?/m1/s1. The summed E-state index contributed by atoms with van der Waals surface area (Å²) in [6.45, 7) is 1.76. The molecule has 3 aliphatic heterocycles. The number of hydrogen-bond donors (Lipinski definition) is 0. The van der Waals surface area contributed by atoms with Gasteiger partial charge in [-0.3, -0.25) is 4.90 Å². The van der Waals surface area contributed by atoms with E-state index in [4.69, 9.17) is 0 Å². The predicted molar refractivity (Wildman–Crippen MR) is 137 cm³/mol. The Balaban J connectivity index is 1.43. The highest BCUT2D eigenvalue weighted by molar-refractivity contribution is 7.91. The minimum atomic E-state index is -5.04. The Kier molecular flexibility index (Phi) is 7.56. The molecule has 4 atom stereocenters. The summed E-state index contributed by atoms with van der Waals surface area (Å²) >= 11 is 1.15. The first-order valence-corrected chi connectivity index (χ1v) is 15.3. The molecule has 38 heavy (non-hydrogen) atoms. The SMILES string of the molecule is CC(F)(c1ccc(N2CCN(S(=O)(=O)c3cccs3)C[C@@H]2CN2C3CCCC2CC(F)C3)cc1)C(F)(F)F. The molecule has 5 rings (SSSR count). The molecule has 210 valence electrons. The van der Waals surface area contributed by atoms with Crippen molar-refractivity contribution in [1.82, 2.24) is 9.21 Å². The van der Waals surface area contributed by atoms with E-state index in [0.29, 0.717) is 38.5 Å². The van der Waals surface area contributed by atoms with Crippen LogP contribution in [0.4, 0.5) is 27.6 Å². The van der Waals surface area contributed by atoms with Crippen molar-refractivity contribution in [2.75, 3.05) is 31.1 Å². The Labute approximate surface area is 224 Å². The second-order valence-corrected chi connectivity index (χ2v) is 13.8. The molecule has 12 heteroatoms. The van der Waals surface area contributed by atoms with Crippen molar-refractivity contribution in [1.29, 1.82) is 0 Å². The van der Waals surface area contributed by atoms with E-state index in [-0.39, 0.29) is 35.4 Å². The van der Waals surface area contributed by atoms with Gasteiger partial charge in [-0.25, -0.2) is 17.2 Å². The smallest absolute Gasteiger partial charge is 0.365 e. The summed E-state index contributed by atoms with van der Waals surface area (Å²) in [5, 5.41) is 1.71. The molecule has 5 nitrogen and oxygen atoms in total. The summed E-state index contributed by atoms with van der Waals surface area (Å²) in [7, 11) is -3.70. The van der Waals surface area contributed by atoms with Crippen molar-refractivity contribution in [3.63, 3.8) is 0 Å². The number of fused-ring (bicyclic) bond motifs is 2. The van der Waals surface area contributed by atoms with E-state index in [0.717, 1.165) is 42.7 Å². The van der Waals surface area contributed by atoms with Crippen LogP contribution in [0, 0.1) is 0 Å². The molecule has 0 spiro atoms. The topological polar surface area (TPSA) is 43.9 Å². The third-order valence-corrected chi connectivity index (χ3v) is 11.5. The first kappa shape index (κ1) is 27.8. The highest BCUT2D eigenvalue weighted by atomic mass is 32.2. The fraction of sp³-hybridized carbons (Fsp3) is 0.615. The lowest BCUT2D eigenvalue weighted by atomic mass is 9.83. The molecule has 0 radical (unpaired) electrons. The number of nitrogens with zero attached hydrogens (tertiary/aromatic N) is 3. The number of rotatable bonds is 6. The third-order valence-electron chi connectivity index (χ3n) is 8.30. The van der Waals surface area contributed by atoms with Crippen molar-refractivity contribution < 1.29 is 30.4 Å². The second-order valence-electron chi connectivity index (χ2n) is 10.7. The van der Waals surface area contributed by atoms with Crippen LogP contribution in [0.1, 0.15) is 44.6 Å². The second kappa shape index (κ2) is 10.3. The molecule has 1 aromatic heterocycles. The summed E-state index contributed by atoms with van der Waals surface area (Å²) in [5.74, 6) is 0. The highest BCUT2D eigenvalue weighted by Crippen LogP contribution is 2.43. The van der Waals surface area contributed by atoms with Gasteiger partial charge in [0.2, 0.25) is 5.67 Å². The summed E-state index contributed by atoms with van der Waals surface area (Å²) < 4.78 is 96.9. The first-order chi connectivity index (χ1) is 17.9. The molecule has 0 amide bonds. The van der Waals surface area contributed by atoms with Gasteiger partial charge in [0.15, 0.2) is 0 Å². The maximum Gasteiger partial charge on any atom is 0.426 e. The quantitative estimate of drug-likeness (QED) is 0.412.